The van der Waals surface area contributed by atoms with Crippen LogP contribution in [0.15, 0.2) is 24.5 Å². The van der Waals surface area contributed by atoms with E-state index in [1.54, 1.807) is 0 Å². The number of aromatic nitrogens is 1. The number of rotatable bonds is 2. The van der Waals surface area contributed by atoms with E-state index in [4.69, 9.17) is 10.9 Å². The van der Waals surface area contributed by atoms with Gasteiger partial charge in [-0.2, -0.15) is 0 Å². The Morgan fingerprint density at radius 1 is 1.58 bits per heavy atom. The van der Waals surface area contributed by atoms with E-state index in [0.29, 0.717) is 5.56 Å². The first-order valence-electron chi connectivity index (χ1n) is 3.33. The van der Waals surface area contributed by atoms with Gasteiger partial charge in [0, 0.05) is 18.0 Å². The predicted molar refractivity (Wildman–Crippen MR) is 41.7 cm³/mol. The van der Waals surface area contributed by atoms with E-state index in [1.165, 1.54) is 24.5 Å². The van der Waals surface area contributed by atoms with Crippen molar-refractivity contribution in [3.63, 3.8) is 0 Å². The minimum Gasteiger partial charge on any atom is -0.375 e. The van der Waals surface area contributed by atoms with Crippen molar-refractivity contribution in [2.24, 2.45) is 5.84 Å². The lowest BCUT2D eigenvalue weighted by atomic mass is 10.2. The molecule has 0 unspecified atom stereocenters. The third kappa shape index (κ3) is 1.77. The molecule has 0 spiro atoms. The molecule has 5 nitrogen and oxygen atoms in total. The summed E-state index contributed by atoms with van der Waals surface area (Å²) in [7, 11) is 0. The minimum atomic E-state index is -0.499. The lowest BCUT2D eigenvalue weighted by molar-refractivity contribution is 0.0554. The quantitative estimate of drug-likeness (QED) is 0.265. The molecular formula is C7H9N3O2. The van der Waals surface area contributed by atoms with Crippen LogP contribution in [0.3, 0.4) is 0 Å². The van der Waals surface area contributed by atoms with Crippen LogP contribution in [0.1, 0.15) is 10.4 Å². The fraction of sp³-hybridized carbons (Fsp3) is 0.143. The summed E-state index contributed by atoms with van der Waals surface area (Å²) in [6.45, 7) is -0.499. The average Bonchev–Trinajstić information content (AvgIpc) is 2.17. The van der Waals surface area contributed by atoms with Crippen LogP contribution >= 0.6 is 0 Å². The second-order valence-corrected chi connectivity index (χ2v) is 2.15. The third-order valence-corrected chi connectivity index (χ3v) is 1.34. The van der Waals surface area contributed by atoms with Crippen molar-refractivity contribution >= 4 is 5.91 Å². The third-order valence-electron chi connectivity index (χ3n) is 1.34. The van der Waals surface area contributed by atoms with Gasteiger partial charge in [-0.3, -0.25) is 14.8 Å². The van der Waals surface area contributed by atoms with Crippen molar-refractivity contribution < 1.29 is 9.90 Å². The Bertz CT molecular complexity index is 263. The van der Waals surface area contributed by atoms with E-state index in [2.05, 4.69) is 4.98 Å². The van der Waals surface area contributed by atoms with Crippen LogP contribution in [0.2, 0.25) is 0 Å². The monoisotopic (exact) mass is 167 g/mol. The van der Waals surface area contributed by atoms with Crippen molar-refractivity contribution in [1.82, 2.24) is 9.99 Å². The van der Waals surface area contributed by atoms with Crippen LogP contribution in [-0.2, 0) is 0 Å². The van der Waals surface area contributed by atoms with Crippen LogP contribution in [0.25, 0.3) is 0 Å². The Balaban J connectivity index is 2.79. The highest BCUT2D eigenvalue weighted by molar-refractivity contribution is 5.93. The van der Waals surface area contributed by atoms with Gasteiger partial charge in [0.1, 0.15) is 6.73 Å². The van der Waals surface area contributed by atoms with E-state index < -0.39 is 12.6 Å². The smallest absolute Gasteiger partial charge is 0.269 e. The number of nitrogens with two attached hydrogens (primary N) is 1. The maximum atomic E-state index is 11.2. The summed E-state index contributed by atoms with van der Waals surface area (Å²) in [6, 6.07) is 3.05. The van der Waals surface area contributed by atoms with Gasteiger partial charge in [-0.25, -0.2) is 5.84 Å². The fourth-order valence-corrected chi connectivity index (χ4v) is 0.725. The van der Waals surface area contributed by atoms with Gasteiger partial charge in [0.2, 0.25) is 0 Å². The summed E-state index contributed by atoms with van der Waals surface area (Å²) in [4.78, 5) is 14.9. The van der Waals surface area contributed by atoms with Crippen molar-refractivity contribution in [2.75, 3.05) is 6.73 Å². The number of hydrogen-bond acceptors (Lipinski definition) is 4. The molecule has 64 valence electrons. The maximum absolute atomic E-state index is 11.2. The molecule has 1 aromatic rings. The number of carbonyl (C=O) groups is 1. The zero-order valence-electron chi connectivity index (χ0n) is 6.34. The summed E-state index contributed by atoms with van der Waals surface area (Å²) < 4.78 is 0. The second kappa shape index (κ2) is 3.80. The summed E-state index contributed by atoms with van der Waals surface area (Å²) in [5.74, 6) is 4.73. The van der Waals surface area contributed by atoms with Crippen LogP contribution < -0.4 is 5.84 Å². The lowest BCUT2D eigenvalue weighted by Crippen LogP contribution is -2.37. The Hall–Kier alpha value is -1.46. The molecule has 0 saturated carbocycles. The predicted octanol–water partition coefficient (Wildman–Crippen LogP) is -0.653. The van der Waals surface area contributed by atoms with Crippen LogP contribution in [0.4, 0.5) is 0 Å². The number of hydrazine groups is 1. The second-order valence-electron chi connectivity index (χ2n) is 2.15. The number of amides is 1. The molecule has 0 aromatic carbocycles. The molecule has 1 amide bonds. The highest BCUT2D eigenvalue weighted by Crippen LogP contribution is 1.98. The first-order chi connectivity index (χ1) is 5.75. The number of hydrogen-bond donors (Lipinski definition) is 2. The molecule has 1 heterocycles. The summed E-state index contributed by atoms with van der Waals surface area (Å²) in [6.07, 6.45) is 2.97. The van der Waals surface area contributed by atoms with Gasteiger partial charge < -0.3 is 5.11 Å². The molecular weight excluding hydrogens is 158 g/mol. The molecule has 0 aliphatic heterocycles. The Kier molecular flexibility index (Phi) is 2.73. The molecule has 0 saturated heterocycles. The van der Waals surface area contributed by atoms with Crippen LogP contribution in [-0.4, -0.2) is 27.7 Å². The van der Waals surface area contributed by atoms with Gasteiger partial charge in [-0.1, -0.05) is 0 Å². The van der Waals surface area contributed by atoms with E-state index in [-0.39, 0.29) is 0 Å². The van der Waals surface area contributed by atoms with Crippen molar-refractivity contribution in [1.29, 1.82) is 0 Å². The standard InChI is InChI=1S/C7H9N3O2/c8-10(5-11)7(12)6-1-3-9-4-2-6/h1-4,11H,5,8H2. The van der Waals surface area contributed by atoms with Gasteiger partial charge in [-0.05, 0) is 12.1 Å². The van der Waals surface area contributed by atoms with Gasteiger partial charge in [0.05, 0.1) is 0 Å². The van der Waals surface area contributed by atoms with Gasteiger partial charge in [-0.15, -0.1) is 0 Å². The number of pyridine rings is 1. The average molecular weight is 167 g/mol. The van der Waals surface area contributed by atoms with Crippen molar-refractivity contribution in [3.05, 3.63) is 30.1 Å². The molecule has 0 bridgehead atoms. The van der Waals surface area contributed by atoms with E-state index in [9.17, 15) is 4.79 Å². The van der Waals surface area contributed by atoms with Gasteiger partial charge in [0.15, 0.2) is 0 Å². The molecule has 0 aliphatic rings. The van der Waals surface area contributed by atoms with E-state index >= 15 is 0 Å². The summed E-state index contributed by atoms with van der Waals surface area (Å²) in [5.41, 5.74) is 0.404. The Morgan fingerprint density at radius 3 is 2.67 bits per heavy atom. The number of carbonyl (C=O) groups excluding carboxylic acids is 1. The van der Waals surface area contributed by atoms with Gasteiger partial charge in [0.25, 0.3) is 5.91 Å². The zero-order chi connectivity index (χ0) is 8.97. The summed E-state index contributed by atoms with van der Waals surface area (Å²) in [5, 5.41) is 9.25. The molecule has 12 heavy (non-hydrogen) atoms. The Labute approximate surface area is 69.4 Å². The largest absolute Gasteiger partial charge is 0.375 e. The molecule has 0 atom stereocenters. The van der Waals surface area contributed by atoms with Crippen molar-refractivity contribution in [3.8, 4) is 0 Å². The molecule has 0 aliphatic carbocycles. The molecule has 1 aromatic heterocycles. The maximum Gasteiger partial charge on any atom is 0.269 e. The highest BCUT2D eigenvalue weighted by Gasteiger charge is 2.09. The Morgan fingerprint density at radius 2 is 2.17 bits per heavy atom. The molecule has 5 heteroatoms. The van der Waals surface area contributed by atoms with E-state index in [1.807, 2.05) is 0 Å². The normalized spacial score (nSPS) is 9.50. The molecule has 3 N–H and O–H groups in total. The van der Waals surface area contributed by atoms with Crippen LogP contribution in [0, 0.1) is 0 Å². The number of aliphatic hydroxyl groups excluding tert-OH is 1. The number of nitrogens with zero attached hydrogens (tertiary/aromatic N) is 2. The molecule has 0 radical (unpaired) electrons. The number of aliphatic hydroxyl groups is 1. The topological polar surface area (TPSA) is 79.5 Å². The van der Waals surface area contributed by atoms with Crippen molar-refractivity contribution in [2.45, 2.75) is 0 Å². The molecule has 0 fully saturated rings. The SMILES string of the molecule is NN(CO)C(=O)c1ccncc1. The summed E-state index contributed by atoms with van der Waals surface area (Å²) >= 11 is 0. The van der Waals surface area contributed by atoms with E-state index in [0.717, 1.165) is 5.01 Å². The highest BCUT2D eigenvalue weighted by atomic mass is 16.3. The first kappa shape index (κ1) is 8.63. The first-order valence-corrected chi connectivity index (χ1v) is 3.33. The van der Waals surface area contributed by atoms with Crippen LogP contribution in [0.5, 0.6) is 0 Å². The fourth-order valence-electron chi connectivity index (χ4n) is 0.725. The lowest BCUT2D eigenvalue weighted by Gasteiger charge is -2.11. The molecule has 1 rings (SSSR count). The van der Waals surface area contributed by atoms with Gasteiger partial charge >= 0.3 is 0 Å². The zero-order valence-corrected chi connectivity index (χ0v) is 6.34. The minimum absolute atomic E-state index is 0.404.